The number of aliphatic hydroxyl groups is 1. The number of fused-ring (bicyclic) bond motifs is 2. The monoisotopic (exact) mass is 479 g/mol. The van der Waals surface area contributed by atoms with Crippen LogP contribution in [0.15, 0.2) is 41.8 Å². The van der Waals surface area contributed by atoms with Crippen LogP contribution in [0.1, 0.15) is 18.7 Å². The van der Waals surface area contributed by atoms with E-state index in [4.69, 9.17) is 18.8 Å². The standard InChI is InChI=1S/C19H22N5O6PS/c1-2-20-16-13-17(22-10-21-16)24(19(23-13)32-9-11-6-4-3-5-7-11)18-14(25)15-12(29-18)8-28-31(26,27)30-15/h3-7,10,12,14-15,18,25H,2,8-9H2,1H3,(H,26,27)(H,20,21,22). The Kier molecular flexibility index (Phi) is 5.93. The van der Waals surface area contributed by atoms with E-state index in [0.29, 0.717) is 34.4 Å². The van der Waals surface area contributed by atoms with Crippen LogP contribution in [0.5, 0.6) is 0 Å². The number of imidazole rings is 1. The molecule has 5 atom stereocenters. The molecule has 170 valence electrons. The van der Waals surface area contributed by atoms with Gasteiger partial charge in [-0.1, -0.05) is 42.1 Å². The van der Waals surface area contributed by atoms with Gasteiger partial charge in [-0.2, -0.15) is 0 Å². The molecule has 1 aromatic carbocycles. The Bertz CT molecular complexity index is 1160. The highest BCUT2D eigenvalue weighted by Crippen LogP contribution is 2.53. The van der Waals surface area contributed by atoms with Crippen LogP contribution in [0.2, 0.25) is 0 Å². The lowest BCUT2D eigenvalue weighted by Gasteiger charge is -2.27. The van der Waals surface area contributed by atoms with Gasteiger partial charge in [-0.25, -0.2) is 19.5 Å². The number of benzene rings is 1. The van der Waals surface area contributed by atoms with E-state index in [9.17, 15) is 14.6 Å². The molecule has 5 unspecified atom stereocenters. The normalized spacial score (nSPS) is 29.8. The number of nitrogens with one attached hydrogen (secondary N) is 1. The minimum Gasteiger partial charge on any atom is -0.386 e. The molecule has 32 heavy (non-hydrogen) atoms. The Hall–Kier alpha value is -2.05. The van der Waals surface area contributed by atoms with Gasteiger partial charge < -0.3 is 20.1 Å². The van der Waals surface area contributed by atoms with Crippen molar-refractivity contribution in [3.63, 3.8) is 0 Å². The van der Waals surface area contributed by atoms with Crippen LogP contribution < -0.4 is 5.32 Å². The van der Waals surface area contributed by atoms with Crippen molar-refractivity contribution in [3.8, 4) is 0 Å². The number of ether oxygens (including phenoxy) is 1. The number of thioether (sulfide) groups is 1. The van der Waals surface area contributed by atoms with Gasteiger partial charge in [0, 0.05) is 12.3 Å². The van der Waals surface area contributed by atoms with Crippen molar-refractivity contribution in [3.05, 3.63) is 42.2 Å². The quantitative estimate of drug-likeness (QED) is 0.354. The van der Waals surface area contributed by atoms with Crippen LogP contribution in [0.4, 0.5) is 5.82 Å². The zero-order valence-corrected chi connectivity index (χ0v) is 18.8. The SMILES string of the molecule is CCNc1ncnc2c1nc(SCc1ccccc1)n2C1OC2COP(=O)(O)OC2C1O. The summed E-state index contributed by atoms with van der Waals surface area (Å²) < 4.78 is 29.5. The van der Waals surface area contributed by atoms with Gasteiger partial charge in [0.05, 0.1) is 6.61 Å². The van der Waals surface area contributed by atoms with Crippen LogP contribution in [0.3, 0.4) is 0 Å². The lowest BCUT2D eigenvalue weighted by atomic mass is 10.1. The molecule has 2 saturated heterocycles. The Morgan fingerprint density at radius 3 is 2.91 bits per heavy atom. The lowest BCUT2D eigenvalue weighted by molar-refractivity contribution is -0.0684. The summed E-state index contributed by atoms with van der Waals surface area (Å²) in [4.78, 5) is 23.1. The maximum atomic E-state index is 11.9. The van der Waals surface area contributed by atoms with E-state index >= 15 is 0 Å². The first kappa shape index (κ1) is 21.8. The fourth-order valence-corrected chi connectivity index (χ4v) is 5.73. The van der Waals surface area contributed by atoms with Crippen molar-refractivity contribution in [1.82, 2.24) is 19.5 Å². The van der Waals surface area contributed by atoms with Crippen LogP contribution >= 0.6 is 19.6 Å². The Morgan fingerprint density at radius 2 is 2.12 bits per heavy atom. The van der Waals surface area contributed by atoms with Gasteiger partial charge in [0.2, 0.25) is 0 Å². The summed E-state index contributed by atoms with van der Waals surface area (Å²) in [6, 6.07) is 9.92. The van der Waals surface area contributed by atoms with Crippen LogP contribution in [0.25, 0.3) is 11.2 Å². The number of aromatic nitrogens is 4. The number of phosphoric acid groups is 1. The van der Waals surface area contributed by atoms with Crippen LogP contribution in [-0.2, 0) is 24.1 Å². The third-order valence-corrected chi connectivity index (χ3v) is 7.23. The highest BCUT2D eigenvalue weighted by molar-refractivity contribution is 7.98. The van der Waals surface area contributed by atoms with Crippen LogP contribution in [0, 0.1) is 0 Å². The van der Waals surface area contributed by atoms with Gasteiger partial charge in [0.1, 0.15) is 24.6 Å². The van der Waals surface area contributed by atoms with Gasteiger partial charge in [0.15, 0.2) is 28.4 Å². The van der Waals surface area contributed by atoms with Crippen LogP contribution in [-0.4, -0.2) is 61.0 Å². The summed E-state index contributed by atoms with van der Waals surface area (Å²) >= 11 is 1.46. The van der Waals surface area contributed by atoms with Gasteiger partial charge in [-0.05, 0) is 12.5 Å². The lowest BCUT2D eigenvalue weighted by Crippen LogP contribution is -2.39. The van der Waals surface area contributed by atoms with Gasteiger partial charge in [-0.3, -0.25) is 13.6 Å². The molecule has 2 aromatic heterocycles. The van der Waals surface area contributed by atoms with E-state index in [0.717, 1.165) is 5.56 Å². The van der Waals surface area contributed by atoms with Gasteiger partial charge in [-0.15, -0.1) is 0 Å². The number of anilines is 1. The molecule has 0 bridgehead atoms. The first-order chi connectivity index (χ1) is 15.5. The van der Waals surface area contributed by atoms with E-state index in [1.54, 1.807) is 4.57 Å². The molecule has 2 fully saturated rings. The topological polar surface area (TPSA) is 141 Å². The number of rotatable bonds is 6. The molecule has 13 heteroatoms. The minimum absolute atomic E-state index is 0.164. The molecule has 4 heterocycles. The maximum absolute atomic E-state index is 11.9. The van der Waals surface area contributed by atoms with Crippen molar-refractivity contribution >= 4 is 36.6 Å². The third-order valence-electron chi connectivity index (χ3n) is 5.22. The largest absolute Gasteiger partial charge is 0.472 e. The number of nitrogens with zero attached hydrogens (tertiary/aromatic N) is 4. The smallest absolute Gasteiger partial charge is 0.386 e. The fourth-order valence-electron chi connectivity index (χ4n) is 3.79. The summed E-state index contributed by atoms with van der Waals surface area (Å²) in [5, 5.41) is 14.7. The van der Waals surface area contributed by atoms with Gasteiger partial charge >= 0.3 is 7.82 Å². The molecular weight excluding hydrogens is 457 g/mol. The van der Waals surface area contributed by atoms with E-state index in [1.807, 2.05) is 37.3 Å². The highest BCUT2D eigenvalue weighted by atomic mass is 32.2. The molecule has 2 aliphatic rings. The maximum Gasteiger partial charge on any atom is 0.472 e. The number of phosphoric ester groups is 1. The number of hydrogen-bond acceptors (Lipinski definition) is 10. The Labute approximate surface area is 187 Å². The molecule has 0 spiro atoms. The minimum atomic E-state index is -4.23. The Morgan fingerprint density at radius 1 is 1.31 bits per heavy atom. The number of hydrogen-bond donors (Lipinski definition) is 3. The van der Waals surface area contributed by atoms with Crippen molar-refractivity contribution < 1.29 is 28.3 Å². The average Bonchev–Trinajstić information content (AvgIpc) is 3.30. The summed E-state index contributed by atoms with van der Waals surface area (Å²) in [7, 11) is -4.23. The predicted octanol–water partition coefficient (Wildman–Crippen LogP) is 2.32. The van der Waals surface area contributed by atoms with E-state index < -0.39 is 32.4 Å². The molecule has 2 aliphatic heterocycles. The summed E-state index contributed by atoms with van der Waals surface area (Å²) in [6.45, 7) is 2.44. The first-order valence-electron chi connectivity index (χ1n) is 10.1. The summed E-state index contributed by atoms with van der Waals surface area (Å²) in [5.74, 6) is 1.21. The van der Waals surface area contributed by atoms with Crippen molar-refractivity contribution in [1.29, 1.82) is 0 Å². The molecule has 3 aromatic rings. The Balaban J connectivity index is 1.54. The van der Waals surface area contributed by atoms with Crippen molar-refractivity contribution in [2.24, 2.45) is 0 Å². The molecular formula is C19H22N5O6PS. The van der Waals surface area contributed by atoms with E-state index in [1.165, 1.54) is 18.1 Å². The molecule has 0 aliphatic carbocycles. The molecule has 3 N–H and O–H groups in total. The number of aliphatic hydroxyl groups excluding tert-OH is 1. The molecule has 5 rings (SSSR count). The second kappa shape index (κ2) is 8.71. The summed E-state index contributed by atoms with van der Waals surface area (Å²) in [5.41, 5.74) is 2.12. The molecule has 0 amide bonds. The molecule has 0 radical (unpaired) electrons. The second-order valence-electron chi connectivity index (χ2n) is 7.35. The van der Waals surface area contributed by atoms with E-state index in [-0.39, 0.29) is 6.61 Å². The van der Waals surface area contributed by atoms with Crippen molar-refractivity contribution in [2.75, 3.05) is 18.5 Å². The zero-order chi connectivity index (χ0) is 22.3. The molecule has 0 saturated carbocycles. The predicted molar refractivity (Wildman–Crippen MR) is 116 cm³/mol. The van der Waals surface area contributed by atoms with E-state index in [2.05, 4.69) is 15.3 Å². The second-order valence-corrected chi connectivity index (χ2v) is 9.70. The summed E-state index contributed by atoms with van der Waals surface area (Å²) in [6.07, 6.45) is -2.46. The molecule has 11 nitrogen and oxygen atoms in total. The highest BCUT2D eigenvalue weighted by Gasteiger charge is 2.53. The zero-order valence-electron chi connectivity index (χ0n) is 17.1. The first-order valence-corrected chi connectivity index (χ1v) is 12.6. The van der Waals surface area contributed by atoms with Crippen molar-refractivity contribution in [2.45, 2.75) is 42.4 Å². The average molecular weight is 479 g/mol. The third kappa shape index (κ3) is 4.03. The fraction of sp³-hybridized carbons (Fsp3) is 0.421. The van der Waals surface area contributed by atoms with Gasteiger partial charge in [0.25, 0.3) is 0 Å².